The fourth-order valence-electron chi connectivity index (χ4n) is 1.98. The number of guanidine groups is 1. The molecule has 0 aromatic rings. The molecule has 21 heavy (non-hydrogen) atoms. The average molecular weight is 299 g/mol. The smallest absolute Gasteiger partial charge is 0.226 e. The van der Waals surface area contributed by atoms with Crippen molar-refractivity contribution in [2.75, 3.05) is 20.2 Å². The summed E-state index contributed by atoms with van der Waals surface area (Å²) < 4.78 is 0. The van der Waals surface area contributed by atoms with Gasteiger partial charge in [-0.15, -0.1) is 0 Å². The zero-order chi connectivity index (χ0) is 16.1. The van der Waals surface area contributed by atoms with Gasteiger partial charge in [0.25, 0.3) is 0 Å². The zero-order valence-corrected chi connectivity index (χ0v) is 13.3. The third-order valence-corrected chi connectivity index (χ3v) is 3.16. The molecule has 0 aromatic carbocycles. The fraction of sp³-hybridized carbons (Fsp3) is 0.800. The number of aliphatic hydroxyl groups excluding tert-OH is 1. The van der Waals surface area contributed by atoms with Gasteiger partial charge in [0.05, 0.1) is 6.54 Å². The summed E-state index contributed by atoms with van der Waals surface area (Å²) in [6.45, 7) is 1.85. The van der Waals surface area contributed by atoms with Crippen LogP contribution >= 0.6 is 0 Å². The lowest BCUT2D eigenvalue weighted by Crippen LogP contribution is -2.43. The molecule has 0 fully saturated rings. The number of hydrogen-bond acceptors (Lipinski definition) is 4. The SMILES string of the molecule is CC(=O)CN(C)C(=N)NC(=O)CCCCCCCCCO. The predicted octanol–water partition coefficient (Wildman–Crippen LogP) is 1.67. The van der Waals surface area contributed by atoms with Crippen LogP contribution in [0.2, 0.25) is 0 Å². The van der Waals surface area contributed by atoms with Gasteiger partial charge in [0.1, 0.15) is 5.78 Å². The number of amides is 1. The van der Waals surface area contributed by atoms with Gasteiger partial charge in [-0.05, 0) is 19.8 Å². The molecule has 0 rings (SSSR count). The van der Waals surface area contributed by atoms with E-state index in [4.69, 9.17) is 10.5 Å². The fourth-order valence-corrected chi connectivity index (χ4v) is 1.98. The van der Waals surface area contributed by atoms with E-state index in [-0.39, 0.29) is 30.8 Å². The highest BCUT2D eigenvalue weighted by molar-refractivity contribution is 5.96. The number of carbonyl (C=O) groups is 2. The monoisotopic (exact) mass is 299 g/mol. The van der Waals surface area contributed by atoms with Crippen LogP contribution < -0.4 is 5.32 Å². The molecule has 0 aromatic heterocycles. The molecular formula is C15H29N3O3. The number of aliphatic hydroxyl groups is 1. The molecule has 0 aliphatic carbocycles. The van der Waals surface area contributed by atoms with E-state index in [9.17, 15) is 9.59 Å². The van der Waals surface area contributed by atoms with Crippen LogP contribution in [0.25, 0.3) is 0 Å². The summed E-state index contributed by atoms with van der Waals surface area (Å²) in [5.74, 6) is -0.243. The lowest BCUT2D eigenvalue weighted by Gasteiger charge is -2.18. The van der Waals surface area contributed by atoms with Gasteiger partial charge < -0.3 is 10.0 Å². The van der Waals surface area contributed by atoms with E-state index in [1.54, 1.807) is 7.05 Å². The Morgan fingerprint density at radius 2 is 1.57 bits per heavy atom. The van der Waals surface area contributed by atoms with Crippen molar-refractivity contribution in [3.05, 3.63) is 0 Å². The molecule has 0 saturated heterocycles. The molecule has 6 heteroatoms. The van der Waals surface area contributed by atoms with Gasteiger partial charge in [-0.2, -0.15) is 0 Å². The minimum Gasteiger partial charge on any atom is -0.396 e. The van der Waals surface area contributed by atoms with Crippen molar-refractivity contribution >= 4 is 17.6 Å². The first-order valence-corrected chi connectivity index (χ1v) is 7.67. The van der Waals surface area contributed by atoms with Crippen LogP contribution in [0, 0.1) is 5.41 Å². The van der Waals surface area contributed by atoms with Crippen LogP contribution in [0.5, 0.6) is 0 Å². The van der Waals surface area contributed by atoms with Crippen LogP contribution in [0.4, 0.5) is 0 Å². The Labute approximate surface area is 127 Å². The highest BCUT2D eigenvalue weighted by atomic mass is 16.2. The Kier molecular flexibility index (Phi) is 11.5. The van der Waals surface area contributed by atoms with E-state index in [0.29, 0.717) is 6.42 Å². The summed E-state index contributed by atoms with van der Waals surface area (Å²) in [5, 5.41) is 18.8. The Bertz CT molecular complexity index is 332. The molecule has 0 aliphatic rings. The maximum atomic E-state index is 11.6. The lowest BCUT2D eigenvalue weighted by molar-refractivity contribution is -0.120. The summed E-state index contributed by atoms with van der Waals surface area (Å²) in [5.41, 5.74) is 0. The first kappa shape index (κ1) is 19.6. The molecule has 3 N–H and O–H groups in total. The number of rotatable bonds is 11. The molecule has 0 saturated carbocycles. The summed E-state index contributed by atoms with van der Waals surface area (Å²) in [6, 6.07) is 0. The maximum Gasteiger partial charge on any atom is 0.226 e. The van der Waals surface area contributed by atoms with E-state index in [1.807, 2.05) is 0 Å². The molecular weight excluding hydrogens is 270 g/mol. The maximum absolute atomic E-state index is 11.6. The summed E-state index contributed by atoms with van der Waals surface area (Å²) >= 11 is 0. The van der Waals surface area contributed by atoms with E-state index >= 15 is 0 Å². The van der Waals surface area contributed by atoms with Crippen molar-refractivity contribution in [2.24, 2.45) is 0 Å². The quantitative estimate of drug-likeness (QED) is 0.307. The highest BCUT2D eigenvalue weighted by Gasteiger charge is 2.10. The predicted molar refractivity (Wildman–Crippen MR) is 83.2 cm³/mol. The summed E-state index contributed by atoms with van der Waals surface area (Å²) in [4.78, 5) is 24.0. The van der Waals surface area contributed by atoms with Crippen molar-refractivity contribution in [2.45, 2.75) is 58.3 Å². The van der Waals surface area contributed by atoms with Gasteiger partial charge in [-0.1, -0.05) is 32.1 Å². The second kappa shape index (κ2) is 12.3. The van der Waals surface area contributed by atoms with Gasteiger partial charge in [0, 0.05) is 20.1 Å². The second-order valence-corrected chi connectivity index (χ2v) is 5.40. The Hall–Kier alpha value is -1.43. The molecule has 0 bridgehead atoms. The van der Waals surface area contributed by atoms with Gasteiger partial charge in [-0.3, -0.25) is 20.3 Å². The minimum atomic E-state index is -0.171. The number of hydrogen-bond donors (Lipinski definition) is 3. The summed E-state index contributed by atoms with van der Waals surface area (Å²) in [7, 11) is 1.61. The van der Waals surface area contributed by atoms with Crippen LogP contribution in [0.3, 0.4) is 0 Å². The van der Waals surface area contributed by atoms with E-state index < -0.39 is 0 Å². The molecule has 1 amide bonds. The molecule has 0 unspecified atom stereocenters. The molecule has 122 valence electrons. The molecule has 0 aliphatic heterocycles. The normalized spacial score (nSPS) is 10.2. The van der Waals surface area contributed by atoms with Gasteiger partial charge in [0.15, 0.2) is 5.96 Å². The van der Waals surface area contributed by atoms with Gasteiger partial charge in [0.2, 0.25) is 5.91 Å². The highest BCUT2D eigenvalue weighted by Crippen LogP contribution is 2.08. The number of nitrogens with one attached hydrogen (secondary N) is 2. The molecule has 0 heterocycles. The van der Waals surface area contributed by atoms with Gasteiger partial charge >= 0.3 is 0 Å². The van der Waals surface area contributed by atoms with Crippen molar-refractivity contribution in [1.82, 2.24) is 10.2 Å². The molecule has 0 spiro atoms. The van der Waals surface area contributed by atoms with Crippen LogP contribution in [-0.4, -0.2) is 47.9 Å². The average Bonchev–Trinajstić information content (AvgIpc) is 2.41. The van der Waals surface area contributed by atoms with Crippen LogP contribution in [-0.2, 0) is 9.59 Å². The largest absolute Gasteiger partial charge is 0.396 e. The Balaban J connectivity index is 3.58. The third kappa shape index (κ3) is 12.1. The number of carbonyl (C=O) groups excluding carboxylic acids is 2. The van der Waals surface area contributed by atoms with Crippen molar-refractivity contribution in [1.29, 1.82) is 5.41 Å². The third-order valence-electron chi connectivity index (χ3n) is 3.16. The molecule has 0 atom stereocenters. The standard InChI is InChI=1S/C15H29N3O3/c1-13(20)12-18(2)15(16)17-14(21)10-8-6-4-3-5-7-9-11-19/h19H,3-12H2,1-2H3,(H2,16,17,21). The second-order valence-electron chi connectivity index (χ2n) is 5.40. The van der Waals surface area contributed by atoms with Gasteiger partial charge in [-0.25, -0.2) is 0 Å². The first-order chi connectivity index (χ1) is 9.97. The van der Waals surface area contributed by atoms with Crippen LogP contribution in [0.1, 0.15) is 58.3 Å². The first-order valence-electron chi connectivity index (χ1n) is 7.67. The number of nitrogens with zero attached hydrogens (tertiary/aromatic N) is 1. The Morgan fingerprint density at radius 1 is 1.05 bits per heavy atom. The van der Waals surface area contributed by atoms with Crippen molar-refractivity contribution in [3.8, 4) is 0 Å². The number of likely N-dealkylation sites (N-methyl/N-ethyl adjacent to an activating group) is 1. The number of Topliss-reactive ketones (excluding diaryl/α,β-unsaturated/α-hetero) is 1. The van der Waals surface area contributed by atoms with E-state index in [2.05, 4.69) is 5.32 Å². The minimum absolute atomic E-state index is 0.0285. The number of ketones is 1. The molecule has 6 nitrogen and oxygen atoms in total. The van der Waals surface area contributed by atoms with E-state index in [1.165, 1.54) is 11.8 Å². The summed E-state index contributed by atoms with van der Waals surface area (Å²) in [6.07, 6.45) is 7.53. The Morgan fingerprint density at radius 3 is 2.10 bits per heavy atom. The number of unbranched alkanes of at least 4 members (excludes halogenated alkanes) is 6. The van der Waals surface area contributed by atoms with Crippen molar-refractivity contribution < 1.29 is 14.7 Å². The van der Waals surface area contributed by atoms with Crippen molar-refractivity contribution in [3.63, 3.8) is 0 Å². The zero-order valence-electron chi connectivity index (χ0n) is 13.3. The van der Waals surface area contributed by atoms with Crippen LogP contribution in [0.15, 0.2) is 0 Å². The lowest BCUT2D eigenvalue weighted by atomic mass is 10.1. The molecule has 0 radical (unpaired) electrons. The van der Waals surface area contributed by atoms with E-state index in [0.717, 1.165) is 44.9 Å². The topological polar surface area (TPSA) is 93.5 Å².